The summed E-state index contributed by atoms with van der Waals surface area (Å²) >= 11 is 7.38. The number of nitrogens with zero attached hydrogens (tertiary/aromatic N) is 2. The number of aromatic nitrogens is 1. The highest BCUT2D eigenvalue weighted by molar-refractivity contribution is 7.15. The number of ether oxygens (including phenoxy) is 1. The second kappa shape index (κ2) is 6.11. The lowest BCUT2D eigenvalue weighted by Gasteiger charge is -2.38. The normalized spacial score (nSPS) is 26.3. The van der Waals surface area contributed by atoms with Gasteiger partial charge in [0.15, 0.2) is 4.47 Å². The Morgan fingerprint density at radius 3 is 3.12 bits per heavy atom. The summed E-state index contributed by atoms with van der Waals surface area (Å²) < 4.78 is 6.02. The molecule has 4 nitrogen and oxygen atoms in total. The maximum absolute atomic E-state index is 5.84. The number of nitrogens with two attached hydrogens (primary N) is 1. The average Bonchev–Trinajstić information content (AvgIpc) is 2.75. The lowest BCUT2D eigenvalue weighted by molar-refractivity contribution is 0.0106. The van der Waals surface area contributed by atoms with Gasteiger partial charge in [0.1, 0.15) is 0 Å². The minimum atomic E-state index is 0.352. The van der Waals surface area contributed by atoms with Crippen LogP contribution in [0.1, 0.15) is 17.7 Å². The van der Waals surface area contributed by atoms with Crippen molar-refractivity contribution in [3.63, 3.8) is 0 Å². The highest BCUT2D eigenvalue weighted by Gasteiger charge is 2.27. The molecule has 2 N–H and O–H groups in total. The van der Waals surface area contributed by atoms with Gasteiger partial charge in [-0.3, -0.25) is 4.90 Å². The molecule has 0 radical (unpaired) electrons. The van der Waals surface area contributed by atoms with Gasteiger partial charge in [-0.05, 0) is 12.8 Å². The Morgan fingerprint density at radius 1 is 1.71 bits per heavy atom. The van der Waals surface area contributed by atoms with E-state index in [0.717, 1.165) is 25.9 Å². The van der Waals surface area contributed by atoms with Crippen LogP contribution in [0.2, 0.25) is 4.47 Å². The summed E-state index contributed by atoms with van der Waals surface area (Å²) in [6.07, 6.45) is 4.28. The first-order chi connectivity index (χ1) is 8.22. The molecule has 17 heavy (non-hydrogen) atoms. The zero-order chi connectivity index (χ0) is 12.3. The molecule has 96 valence electrons. The van der Waals surface area contributed by atoms with Gasteiger partial charge >= 0.3 is 0 Å². The van der Waals surface area contributed by atoms with E-state index in [2.05, 4.69) is 9.88 Å². The van der Waals surface area contributed by atoms with Gasteiger partial charge in [-0.15, -0.1) is 11.3 Å². The molecular weight excluding hydrogens is 258 g/mol. The van der Waals surface area contributed by atoms with Crippen molar-refractivity contribution in [1.29, 1.82) is 0 Å². The van der Waals surface area contributed by atoms with Gasteiger partial charge in [0.25, 0.3) is 0 Å². The minimum Gasteiger partial charge on any atom is -0.381 e. The summed E-state index contributed by atoms with van der Waals surface area (Å²) in [5.41, 5.74) is 5.83. The molecule has 1 fully saturated rings. The molecule has 0 amide bonds. The number of hydrogen-bond acceptors (Lipinski definition) is 5. The fourth-order valence-corrected chi connectivity index (χ4v) is 3.29. The molecule has 1 aromatic heterocycles. The van der Waals surface area contributed by atoms with Crippen molar-refractivity contribution < 1.29 is 4.74 Å². The summed E-state index contributed by atoms with van der Waals surface area (Å²) in [7, 11) is 1.77. The van der Waals surface area contributed by atoms with Crippen molar-refractivity contribution in [2.45, 2.75) is 31.5 Å². The quantitative estimate of drug-likeness (QED) is 0.909. The Hall–Kier alpha value is -0.200. The Labute approximate surface area is 111 Å². The van der Waals surface area contributed by atoms with Gasteiger partial charge in [-0.25, -0.2) is 4.98 Å². The summed E-state index contributed by atoms with van der Waals surface area (Å²) in [5.74, 6) is 0. The largest absolute Gasteiger partial charge is 0.381 e. The first-order valence-electron chi connectivity index (χ1n) is 5.80. The van der Waals surface area contributed by atoms with E-state index in [1.54, 1.807) is 18.4 Å². The van der Waals surface area contributed by atoms with Crippen LogP contribution in [0.25, 0.3) is 0 Å². The first-order valence-corrected chi connectivity index (χ1v) is 6.99. The summed E-state index contributed by atoms with van der Waals surface area (Å²) in [6.45, 7) is 2.59. The van der Waals surface area contributed by atoms with E-state index in [0.29, 0.717) is 23.2 Å². The maximum atomic E-state index is 5.84. The number of piperidine rings is 1. The van der Waals surface area contributed by atoms with Crippen molar-refractivity contribution >= 4 is 22.9 Å². The standard InChI is InChI=1S/C11H18ClN3OS/c1-16-9-2-3-15(8(4-9)5-13)7-10-6-14-11(12)17-10/h6,8-9H,2-5,7,13H2,1H3. The average molecular weight is 276 g/mol. The Kier molecular flexibility index (Phi) is 4.76. The topological polar surface area (TPSA) is 51.4 Å². The van der Waals surface area contributed by atoms with E-state index in [1.165, 1.54) is 4.88 Å². The lowest BCUT2D eigenvalue weighted by Crippen LogP contribution is -2.47. The Balaban J connectivity index is 1.95. The number of likely N-dealkylation sites (tertiary alicyclic amines) is 1. The zero-order valence-electron chi connectivity index (χ0n) is 9.93. The maximum Gasteiger partial charge on any atom is 0.183 e. The number of hydrogen-bond donors (Lipinski definition) is 1. The fourth-order valence-electron chi connectivity index (χ4n) is 2.29. The summed E-state index contributed by atoms with van der Waals surface area (Å²) in [4.78, 5) is 7.67. The van der Waals surface area contributed by atoms with Gasteiger partial charge in [0.2, 0.25) is 0 Å². The zero-order valence-corrected chi connectivity index (χ0v) is 11.5. The molecule has 0 aliphatic carbocycles. The van der Waals surface area contributed by atoms with Crippen LogP contribution >= 0.6 is 22.9 Å². The third-order valence-corrected chi connectivity index (χ3v) is 4.38. The predicted molar refractivity (Wildman–Crippen MR) is 70.4 cm³/mol. The molecule has 1 aliphatic rings. The number of halogens is 1. The predicted octanol–water partition coefficient (Wildman–Crippen LogP) is 1.73. The molecule has 2 rings (SSSR count). The second-order valence-corrected chi connectivity index (χ2v) is 6.02. The molecule has 2 heterocycles. The third-order valence-electron chi connectivity index (χ3n) is 3.28. The number of thiazole rings is 1. The highest BCUT2D eigenvalue weighted by Crippen LogP contribution is 2.24. The van der Waals surface area contributed by atoms with Gasteiger partial charge in [-0.2, -0.15) is 0 Å². The van der Waals surface area contributed by atoms with Crippen molar-refractivity contribution in [3.8, 4) is 0 Å². The van der Waals surface area contributed by atoms with Crippen molar-refractivity contribution in [3.05, 3.63) is 15.5 Å². The lowest BCUT2D eigenvalue weighted by atomic mass is 9.99. The fraction of sp³-hybridized carbons (Fsp3) is 0.727. The highest BCUT2D eigenvalue weighted by atomic mass is 35.5. The Bertz CT molecular complexity index is 360. The van der Waals surface area contributed by atoms with Crippen LogP contribution in [0.3, 0.4) is 0 Å². The van der Waals surface area contributed by atoms with Crippen LogP contribution in [-0.4, -0.2) is 42.2 Å². The van der Waals surface area contributed by atoms with E-state index in [-0.39, 0.29) is 0 Å². The second-order valence-electron chi connectivity index (χ2n) is 4.32. The molecular formula is C11H18ClN3OS. The van der Waals surface area contributed by atoms with Crippen molar-refractivity contribution in [2.75, 3.05) is 20.2 Å². The molecule has 0 bridgehead atoms. The first kappa shape index (κ1) is 13.2. The van der Waals surface area contributed by atoms with Crippen LogP contribution < -0.4 is 5.73 Å². The van der Waals surface area contributed by atoms with Crippen LogP contribution in [0.4, 0.5) is 0 Å². The monoisotopic (exact) mass is 275 g/mol. The minimum absolute atomic E-state index is 0.352. The number of rotatable bonds is 4. The third kappa shape index (κ3) is 3.39. The molecule has 1 aromatic rings. The summed E-state index contributed by atoms with van der Waals surface area (Å²) in [6, 6.07) is 0.398. The molecule has 0 spiro atoms. The van der Waals surface area contributed by atoms with Crippen molar-refractivity contribution in [2.24, 2.45) is 5.73 Å². The van der Waals surface area contributed by atoms with Gasteiger partial charge < -0.3 is 10.5 Å². The van der Waals surface area contributed by atoms with Gasteiger partial charge in [0.05, 0.1) is 6.10 Å². The van der Waals surface area contributed by atoms with E-state index < -0.39 is 0 Å². The van der Waals surface area contributed by atoms with Crippen LogP contribution in [0, 0.1) is 0 Å². The molecule has 0 aromatic carbocycles. The van der Waals surface area contributed by atoms with Crippen LogP contribution in [0.15, 0.2) is 6.20 Å². The van der Waals surface area contributed by atoms with Crippen LogP contribution in [0.5, 0.6) is 0 Å². The van der Waals surface area contributed by atoms with E-state index in [4.69, 9.17) is 22.1 Å². The van der Waals surface area contributed by atoms with E-state index >= 15 is 0 Å². The molecule has 0 saturated carbocycles. The molecule has 2 atom stereocenters. The summed E-state index contributed by atoms with van der Waals surface area (Å²) in [5, 5.41) is 0. The SMILES string of the molecule is COC1CCN(Cc2cnc(Cl)s2)C(CN)C1. The number of methoxy groups -OCH3 is 1. The molecule has 1 saturated heterocycles. The smallest absolute Gasteiger partial charge is 0.183 e. The van der Waals surface area contributed by atoms with E-state index in [1.807, 2.05) is 6.20 Å². The van der Waals surface area contributed by atoms with Crippen molar-refractivity contribution in [1.82, 2.24) is 9.88 Å². The van der Waals surface area contributed by atoms with Gasteiger partial charge in [0, 0.05) is 43.9 Å². The van der Waals surface area contributed by atoms with E-state index in [9.17, 15) is 0 Å². The molecule has 1 aliphatic heterocycles. The molecule has 6 heteroatoms. The molecule has 2 unspecified atom stereocenters. The van der Waals surface area contributed by atoms with Gasteiger partial charge in [-0.1, -0.05) is 11.6 Å². The Morgan fingerprint density at radius 2 is 2.53 bits per heavy atom. The van der Waals surface area contributed by atoms with Crippen LogP contribution in [-0.2, 0) is 11.3 Å².